The fraction of sp³-hybridized carbons (Fsp3) is 0.200. The van der Waals surface area contributed by atoms with Gasteiger partial charge in [0.15, 0.2) is 22.9 Å². The molecule has 0 amide bonds. The number of allylic oxidation sites excluding steroid dienone is 6. The normalized spacial score (nSPS) is 17.4. The van der Waals surface area contributed by atoms with Crippen LogP contribution in [0.4, 0.5) is 0 Å². The average Bonchev–Trinajstić information content (AvgIpc) is 2.60. The number of hydrogen-bond acceptors (Lipinski definition) is 4. The zero-order valence-electron chi connectivity index (χ0n) is 11.2. The Hall–Kier alpha value is -2.36. The lowest BCUT2D eigenvalue weighted by Gasteiger charge is -1.95. The Labute approximate surface area is 112 Å². The summed E-state index contributed by atoms with van der Waals surface area (Å²) in [6, 6.07) is 0. The van der Waals surface area contributed by atoms with Gasteiger partial charge in [0, 0.05) is 0 Å². The van der Waals surface area contributed by atoms with E-state index in [0.29, 0.717) is 0 Å². The maximum atomic E-state index is 11.8. The van der Waals surface area contributed by atoms with Crippen LogP contribution in [0.25, 0.3) is 0 Å². The van der Waals surface area contributed by atoms with Crippen LogP contribution in [-0.4, -0.2) is 16.9 Å². The Morgan fingerprint density at radius 1 is 1.26 bits per heavy atom. The van der Waals surface area contributed by atoms with Crippen molar-refractivity contribution in [3.8, 4) is 0 Å². The second-order valence-electron chi connectivity index (χ2n) is 4.15. The summed E-state index contributed by atoms with van der Waals surface area (Å²) < 4.78 is 4.56. The van der Waals surface area contributed by atoms with Crippen molar-refractivity contribution in [3.05, 3.63) is 59.1 Å². The molecule has 0 fully saturated rings. The van der Waals surface area contributed by atoms with Crippen LogP contribution < -0.4 is 0 Å². The number of rotatable bonds is 4. The maximum absolute atomic E-state index is 11.8. The molecule has 0 unspecified atom stereocenters. The molecule has 0 aromatic carbocycles. The van der Waals surface area contributed by atoms with Crippen LogP contribution in [-0.2, 0) is 14.3 Å². The van der Waals surface area contributed by atoms with Gasteiger partial charge in [-0.3, -0.25) is 4.79 Å². The zero-order valence-corrected chi connectivity index (χ0v) is 11.2. The second kappa shape index (κ2) is 6.00. The summed E-state index contributed by atoms with van der Waals surface area (Å²) in [7, 11) is 0. The number of aliphatic hydroxyl groups is 1. The van der Waals surface area contributed by atoms with Crippen molar-refractivity contribution in [2.45, 2.75) is 20.8 Å². The molecule has 1 heterocycles. The van der Waals surface area contributed by atoms with Crippen LogP contribution in [0.15, 0.2) is 59.1 Å². The molecule has 4 heteroatoms. The highest BCUT2D eigenvalue weighted by molar-refractivity contribution is 6.23. The predicted molar refractivity (Wildman–Crippen MR) is 72.2 cm³/mol. The Balaban J connectivity index is 2.90. The van der Waals surface area contributed by atoms with E-state index in [0.717, 1.165) is 11.1 Å². The summed E-state index contributed by atoms with van der Waals surface area (Å²) in [5, 5.41) is 9.50. The van der Waals surface area contributed by atoms with Crippen LogP contribution in [0.5, 0.6) is 0 Å². The molecule has 1 N–H and O–H groups in total. The van der Waals surface area contributed by atoms with Gasteiger partial charge in [0.05, 0.1) is 0 Å². The standard InChI is InChI=1S/C15H16O4/c1-5-9(2)8-10(3)6-7-12(16)13-14(17)11(4)19-15(13)18/h5-8,17H,4H2,1-3H3/b7-6+,9-5+,10-8+. The van der Waals surface area contributed by atoms with Crippen LogP contribution in [0.2, 0.25) is 0 Å². The van der Waals surface area contributed by atoms with Gasteiger partial charge < -0.3 is 9.84 Å². The average molecular weight is 260 g/mol. The van der Waals surface area contributed by atoms with Crippen LogP contribution in [0.3, 0.4) is 0 Å². The molecule has 19 heavy (non-hydrogen) atoms. The summed E-state index contributed by atoms with van der Waals surface area (Å²) in [6.45, 7) is 9.00. The van der Waals surface area contributed by atoms with Crippen molar-refractivity contribution in [1.29, 1.82) is 0 Å². The molecule has 0 bridgehead atoms. The molecule has 4 nitrogen and oxygen atoms in total. The zero-order chi connectivity index (χ0) is 14.6. The minimum Gasteiger partial charge on any atom is -0.504 e. The van der Waals surface area contributed by atoms with E-state index in [1.165, 1.54) is 6.08 Å². The molecule has 100 valence electrons. The number of ketones is 1. The first kappa shape index (κ1) is 14.7. The molecule has 1 aliphatic heterocycles. The van der Waals surface area contributed by atoms with Gasteiger partial charge in [-0.2, -0.15) is 0 Å². The van der Waals surface area contributed by atoms with E-state index in [1.54, 1.807) is 6.08 Å². The second-order valence-corrected chi connectivity index (χ2v) is 4.15. The summed E-state index contributed by atoms with van der Waals surface area (Å²) in [5.74, 6) is -2.17. The Morgan fingerprint density at radius 2 is 1.89 bits per heavy atom. The first-order valence-electron chi connectivity index (χ1n) is 5.75. The van der Waals surface area contributed by atoms with Crippen molar-refractivity contribution >= 4 is 11.8 Å². The first-order valence-corrected chi connectivity index (χ1v) is 5.75. The minimum atomic E-state index is -0.872. The molecule has 0 aromatic rings. The van der Waals surface area contributed by atoms with E-state index in [-0.39, 0.29) is 11.3 Å². The van der Waals surface area contributed by atoms with Crippen molar-refractivity contribution in [3.63, 3.8) is 0 Å². The van der Waals surface area contributed by atoms with Crippen molar-refractivity contribution in [2.75, 3.05) is 0 Å². The number of esters is 1. The Kier molecular flexibility index (Phi) is 4.64. The molecule has 1 rings (SSSR count). The fourth-order valence-corrected chi connectivity index (χ4v) is 1.45. The van der Waals surface area contributed by atoms with Gasteiger partial charge >= 0.3 is 5.97 Å². The molecular formula is C15H16O4. The fourth-order valence-electron chi connectivity index (χ4n) is 1.45. The van der Waals surface area contributed by atoms with Gasteiger partial charge in [0.25, 0.3) is 0 Å². The number of cyclic esters (lactones) is 1. The van der Waals surface area contributed by atoms with E-state index >= 15 is 0 Å². The van der Waals surface area contributed by atoms with Crippen molar-refractivity contribution in [2.24, 2.45) is 0 Å². The molecular weight excluding hydrogens is 244 g/mol. The highest BCUT2D eigenvalue weighted by Crippen LogP contribution is 2.23. The summed E-state index contributed by atoms with van der Waals surface area (Å²) >= 11 is 0. The van der Waals surface area contributed by atoms with Gasteiger partial charge in [-0.15, -0.1) is 0 Å². The molecule has 1 aliphatic rings. The molecule has 0 aromatic heterocycles. The van der Waals surface area contributed by atoms with E-state index < -0.39 is 17.5 Å². The van der Waals surface area contributed by atoms with Crippen molar-refractivity contribution in [1.82, 2.24) is 0 Å². The SMILES string of the molecule is C=C1OC(=O)C(C(=O)/C=C/C(C)=C/C(C)=C/C)=C1O. The predicted octanol–water partition coefficient (Wildman–Crippen LogP) is 2.91. The molecule has 0 saturated carbocycles. The number of carbonyl (C=O) groups is 2. The van der Waals surface area contributed by atoms with Crippen LogP contribution in [0.1, 0.15) is 20.8 Å². The number of hydrogen-bond donors (Lipinski definition) is 1. The molecule has 0 aliphatic carbocycles. The Bertz CT molecular complexity index is 557. The minimum absolute atomic E-state index is 0.196. The third kappa shape index (κ3) is 3.55. The number of carbonyl (C=O) groups excluding carboxylic acids is 2. The van der Waals surface area contributed by atoms with Crippen molar-refractivity contribution < 1.29 is 19.4 Å². The van der Waals surface area contributed by atoms with Gasteiger partial charge in [-0.25, -0.2) is 4.79 Å². The molecule has 0 saturated heterocycles. The molecule has 0 atom stereocenters. The van der Waals surface area contributed by atoms with Gasteiger partial charge in [-0.05, 0) is 26.8 Å². The van der Waals surface area contributed by atoms with Gasteiger partial charge in [0.2, 0.25) is 0 Å². The maximum Gasteiger partial charge on any atom is 0.351 e. The lowest BCUT2D eigenvalue weighted by atomic mass is 10.1. The van der Waals surface area contributed by atoms with Gasteiger partial charge in [-0.1, -0.05) is 36.0 Å². The quantitative estimate of drug-likeness (QED) is 0.365. The van der Waals surface area contributed by atoms with E-state index in [9.17, 15) is 14.7 Å². The summed E-state index contributed by atoms with van der Waals surface area (Å²) in [6.07, 6.45) is 6.62. The highest BCUT2D eigenvalue weighted by atomic mass is 16.6. The smallest absolute Gasteiger partial charge is 0.351 e. The van der Waals surface area contributed by atoms with E-state index in [4.69, 9.17) is 0 Å². The topological polar surface area (TPSA) is 63.6 Å². The van der Waals surface area contributed by atoms with Gasteiger partial charge in [0.1, 0.15) is 0 Å². The number of aliphatic hydroxyl groups excluding tert-OH is 1. The third-order valence-electron chi connectivity index (χ3n) is 2.58. The summed E-state index contributed by atoms with van der Waals surface area (Å²) in [5.41, 5.74) is 1.54. The lowest BCUT2D eigenvalue weighted by Crippen LogP contribution is -2.08. The van der Waals surface area contributed by atoms with Crippen LogP contribution >= 0.6 is 0 Å². The lowest BCUT2D eigenvalue weighted by molar-refractivity contribution is -0.134. The highest BCUT2D eigenvalue weighted by Gasteiger charge is 2.32. The third-order valence-corrected chi connectivity index (χ3v) is 2.58. The Morgan fingerprint density at radius 3 is 2.37 bits per heavy atom. The van der Waals surface area contributed by atoms with E-state index in [1.807, 2.05) is 32.9 Å². The molecule has 0 spiro atoms. The van der Waals surface area contributed by atoms with E-state index in [2.05, 4.69) is 11.3 Å². The summed E-state index contributed by atoms with van der Waals surface area (Å²) in [4.78, 5) is 23.1. The largest absolute Gasteiger partial charge is 0.504 e. The van der Waals surface area contributed by atoms with Crippen LogP contribution in [0, 0.1) is 0 Å². The first-order chi connectivity index (χ1) is 8.86. The monoisotopic (exact) mass is 260 g/mol. The number of ether oxygens (including phenoxy) is 1. The molecule has 0 radical (unpaired) electrons.